The number of aromatic nitrogens is 1. The fourth-order valence-corrected chi connectivity index (χ4v) is 1.58. The van der Waals surface area contributed by atoms with E-state index in [1.807, 2.05) is 12.3 Å². The average molecular weight is 199 g/mol. The molecule has 2 rings (SSSR count). The molecule has 70 valence electrons. The molecular weight excluding hydrogens is 188 g/mol. The predicted octanol–water partition coefficient (Wildman–Crippen LogP) is 1.40. The molecule has 0 spiro atoms. The van der Waals surface area contributed by atoms with E-state index in [1.54, 1.807) is 6.20 Å². The van der Waals surface area contributed by atoms with Crippen LogP contribution in [0, 0.1) is 0 Å². The standard InChI is InChI=1S/C9H11ClN2O/c10-8-3-7(4-11-5-8)9-6-13-2-1-12-9/h3-5,9,12H,1-2,6H2/t9-/m0/s1. The Balaban J connectivity index is 2.14. The summed E-state index contributed by atoms with van der Waals surface area (Å²) in [6, 6.07) is 2.15. The summed E-state index contributed by atoms with van der Waals surface area (Å²) in [5.74, 6) is 0. The summed E-state index contributed by atoms with van der Waals surface area (Å²) in [5.41, 5.74) is 1.09. The zero-order valence-corrected chi connectivity index (χ0v) is 7.92. The van der Waals surface area contributed by atoms with Crippen LogP contribution in [0.15, 0.2) is 18.5 Å². The monoisotopic (exact) mass is 198 g/mol. The first-order valence-corrected chi connectivity index (χ1v) is 4.65. The van der Waals surface area contributed by atoms with Gasteiger partial charge in [0, 0.05) is 18.9 Å². The van der Waals surface area contributed by atoms with Gasteiger partial charge in [0.25, 0.3) is 0 Å². The molecule has 0 saturated carbocycles. The van der Waals surface area contributed by atoms with Crippen molar-refractivity contribution in [2.75, 3.05) is 19.8 Å². The lowest BCUT2D eigenvalue weighted by atomic mass is 10.1. The average Bonchev–Trinajstić information content (AvgIpc) is 2.19. The summed E-state index contributed by atoms with van der Waals surface area (Å²) in [4.78, 5) is 4.03. The van der Waals surface area contributed by atoms with Crippen molar-refractivity contribution in [1.82, 2.24) is 10.3 Å². The Hall–Kier alpha value is -0.640. The molecule has 13 heavy (non-hydrogen) atoms. The summed E-state index contributed by atoms with van der Waals surface area (Å²) >= 11 is 5.83. The molecule has 1 N–H and O–H groups in total. The molecule has 4 heteroatoms. The molecule has 1 aromatic rings. The molecule has 1 aromatic heterocycles. The van der Waals surface area contributed by atoms with Crippen LogP contribution in [0.4, 0.5) is 0 Å². The molecule has 1 aliphatic heterocycles. The molecule has 1 fully saturated rings. The molecular formula is C9H11ClN2O. The van der Waals surface area contributed by atoms with E-state index in [4.69, 9.17) is 16.3 Å². The molecule has 1 saturated heterocycles. The van der Waals surface area contributed by atoms with Crippen LogP contribution in [0.2, 0.25) is 5.02 Å². The lowest BCUT2D eigenvalue weighted by Gasteiger charge is -2.23. The van der Waals surface area contributed by atoms with Gasteiger partial charge < -0.3 is 10.1 Å². The van der Waals surface area contributed by atoms with E-state index >= 15 is 0 Å². The maximum absolute atomic E-state index is 5.83. The zero-order chi connectivity index (χ0) is 9.10. The highest BCUT2D eigenvalue weighted by atomic mass is 35.5. The molecule has 3 nitrogen and oxygen atoms in total. The molecule has 1 atom stereocenters. The highest BCUT2D eigenvalue weighted by Gasteiger charge is 2.15. The molecule has 2 heterocycles. The van der Waals surface area contributed by atoms with E-state index in [0.717, 1.165) is 18.7 Å². The minimum Gasteiger partial charge on any atom is -0.378 e. The number of nitrogens with zero attached hydrogens (tertiary/aromatic N) is 1. The van der Waals surface area contributed by atoms with E-state index in [1.165, 1.54) is 0 Å². The summed E-state index contributed by atoms with van der Waals surface area (Å²) in [5, 5.41) is 4.01. The third-order valence-corrected chi connectivity index (χ3v) is 2.26. The van der Waals surface area contributed by atoms with Crippen LogP contribution in [0.25, 0.3) is 0 Å². The fourth-order valence-electron chi connectivity index (χ4n) is 1.40. The normalized spacial score (nSPS) is 23.0. The number of hydrogen-bond acceptors (Lipinski definition) is 3. The van der Waals surface area contributed by atoms with E-state index < -0.39 is 0 Å². The number of morpholine rings is 1. The molecule has 0 radical (unpaired) electrons. The van der Waals surface area contributed by atoms with Crippen LogP contribution < -0.4 is 5.32 Å². The summed E-state index contributed by atoms with van der Waals surface area (Å²) in [6.07, 6.45) is 3.45. The number of pyridine rings is 1. The summed E-state index contributed by atoms with van der Waals surface area (Å²) < 4.78 is 5.34. The lowest BCUT2D eigenvalue weighted by Crippen LogP contribution is -2.34. The Morgan fingerprint density at radius 2 is 2.46 bits per heavy atom. The van der Waals surface area contributed by atoms with Crippen molar-refractivity contribution < 1.29 is 4.74 Å². The van der Waals surface area contributed by atoms with E-state index in [0.29, 0.717) is 11.6 Å². The highest BCUT2D eigenvalue weighted by Crippen LogP contribution is 2.17. The van der Waals surface area contributed by atoms with Gasteiger partial charge in [-0.2, -0.15) is 0 Å². The van der Waals surface area contributed by atoms with Gasteiger partial charge in [-0.3, -0.25) is 4.98 Å². The second kappa shape index (κ2) is 4.05. The van der Waals surface area contributed by atoms with Crippen LogP contribution in [-0.2, 0) is 4.74 Å². The minimum absolute atomic E-state index is 0.236. The predicted molar refractivity (Wildman–Crippen MR) is 50.8 cm³/mol. The van der Waals surface area contributed by atoms with Gasteiger partial charge in [0.05, 0.1) is 24.3 Å². The molecule has 0 aliphatic carbocycles. The number of halogens is 1. The highest BCUT2D eigenvalue weighted by molar-refractivity contribution is 6.30. The van der Waals surface area contributed by atoms with E-state index in [9.17, 15) is 0 Å². The van der Waals surface area contributed by atoms with Crippen molar-refractivity contribution in [2.24, 2.45) is 0 Å². The van der Waals surface area contributed by atoms with Crippen LogP contribution >= 0.6 is 11.6 Å². The van der Waals surface area contributed by atoms with Crippen molar-refractivity contribution in [2.45, 2.75) is 6.04 Å². The van der Waals surface area contributed by atoms with Crippen molar-refractivity contribution in [1.29, 1.82) is 0 Å². The van der Waals surface area contributed by atoms with Crippen LogP contribution in [0.1, 0.15) is 11.6 Å². The first-order chi connectivity index (χ1) is 6.36. The first-order valence-electron chi connectivity index (χ1n) is 4.28. The molecule has 0 unspecified atom stereocenters. The maximum atomic E-state index is 5.83. The Labute approximate surface area is 82.1 Å². The van der Waals surface area contributed by atoms with Gasteiger partial charge in [0.15, 0.2) is 0 Å². The number of nitrogens with one attached hydrogen (secondary N) is 1. The third-order valence-electron chi connectivity index (χ3n) is 2.05. The van der Waals surface area contributed by atoms with Crippen molar-refractivity contribution in [3.63, 3.8) is 0 Å². The maximum Gasteiger partial charge on any atom is 0.0662 e. The SMILES string of the molecule is Clc1cncc([C@@H]2COCCN2)c1. The fraction of sp³-hybridized carbons (Fsp3) is 0.444. The number of hydrogen-bond donors (Lipinski definition) is 1. The minimum atomic E-state index is 0.236. The molecule has 0 aromatic carbocycles. The second-order valence-electron chi connectivity index (χ2n) is 3.02. The van der Waals surface area contributed by atoms with E-state index in [2.05, 4.69) is 10.3 Å². The third kappa shape index (κ3) is 2.18. The van der Waals surface area contributed by atoms with Crippen molar-refractivity contribution in [3.8, 4) is 0 Å². The van der Waals surface area contributed by atoms with Crippen LogP contribution in [0.3, 0.4) is 0 Å². The summed E-state index contributed by atoms with van der Waals surface area (Å²) in [7, 11) is 0. The Morgan fingerprint density at radius 3 is 3.15 bits per heavy atom. The van der Waals surface area contributed by atoms with Crippen LogP contribution in [-0.4, -0.2) is 24.7 Å². The number of ether oxygens (including phenoxy) is 1. The van der Waals surface area contributed by atoms with Gasteiger partial charge in [-0.1, -0.05) is 11.6 Å². The second-order valence-corrected chi connectivity index (χ2v) is 3.45. The van der Waals surface area contributed by atoms with Gasteiger partial charge in [0.2, 0.25) is 0 Å². The quantitative estimate of drug-likeness (QED) is 0.741. The van der Waals surface area contributed by atoms with Gasteiger partial charge in [-0.25, -0.2) is 0 Å². The van der Waals surface area contributed by atoms with Crippen molar-refractivity contribution in [3.05, 3.63) is 29.0 Å². The van der Waals surface area contributed by atoms with Gasteiger partial charge in [0.1, 0.15) is 0 Å². The van der Waals surface area contributed by atoms with Crippen LogP contribution in [0.5, 0.6) is 0 Å². The lowest BCUT2D eigenvalue weighted by molar-refractivity contribution is 0.0768. The largest absolute Gasteiger partial charge is 0.378 e. The Morgan fingerprint density at radius 1 is 1.54 bits per heavy atom. The first kappa shape index (κ1) is 8.94. The molecule has 1 aliphatic rings. The van der Waals surface area contributed by atoms with Gasteiger partial charge >= 0.3 is 0 Å². The Kier molecular flexibility index (Phi) is 2.78. The molecule has 0 bridgehead atoms. The van der Waals surface area contributed by atoms with Gasteiger partial charge in [-0.15, -0.1) is 0 Å². The molecule has 0 amide bonds. The van der Waals surface area contributed by atoms with Gasteiger partial charge in [-0.05, 0) is 11.6 Å². The zero-order valence-electron chi connectivity index (χ0n) is 7.16. The summed E-state index contributed by atoms with van der Waals surface area (Å²) in [6.45, 7) is 2.36. The Bertz CT molecular complexity index is 287. The smallest absolute Gasteiger partial charge is 0.0662 e. The van der Waals surface area contributed by atoms with Crippen molar-refractivity contribution >= 4 is 11.6 Å². The number of rotatable bonds is 1. The topological polar surface area (TPSA) is 34.1 Å². The van der Waals surface area contributed by atoms with E-state index in [-0.39, 0.29) is 6.04 Å².